The lowest BCUT2D eigenvalue weighted by molar-refractivity contribution is 0.101. The molecule has 2 atom stereocenters. The Labute approximate surface area is 109 Å². The van der Waals surface area contributed by atoms with E-state index < -0.39 is 0 Å². The molecular weight excluding hydrogens is 229 g/mol. The molecule has 0 spiro atoms. The summed E-state index contributed by atoms with van der Waals surface area (Å²) in [5.74, 6) is -0.160. The fraction of sp³-hybridized carbons (Fsp3) is 0.600. The molecule has 1 fully saturated rings. The summed E-state index contributed by atoms with van der Waals surface area (Å²) in [6, 6.07) is 7.10. The van der Waals surface area contributed by atoms with E-state index in [1.54, 1.807) is 12.1 Å². The van der Waals surface area contributed by atoms with E-state index in [1.165, 1.54) is 18.9 Å². The average Bonchev–Trinajstić information content (AvgIpc) is 2.88. The van der Waals surface area contributed by atoms with E-state index >= 15 is 0 Å². The normalized spacial score (nSPS) is 21.1. The summed E-state index contributed by atoms with van der Waals surface area (Å²) in [6.07, 6.45) is 6.11. The maximum atomic E-state index is 13.2. The molecule has 0 aromatic heterocycles. The van der Waals surface area contributed by atoms with Crippen LogP contribution in [-0.2, 0) is 4.74 Å². The van der Waals surface area contributed by atoms with Crippen LogP contribution in [-0.4, -0.2) is 19.8 Å². The second-order valence-corrected chi connectivity index (χ2v) is 4.96. The molecule has 0 saturated carbocycles. The number of hydrogen-bond donors (Lipinski definition) is 1. The third-order valence-corrected chi connectivity index (χ3v) is 3.64. The first-order valence-corrected chi connectivity index (χ1v) is 6.84. The van der Waals surface area contributed by atoms with Crippen molar-refractivity contribution < 1.29 is 9.13 Å². The number of benzene rings is 1. The van der Waals surface area contributed by atoms with E-state index in [9.17, 15) is 4.39 Å². The van der Waals surface area contributed by atoms with Crippen LogP contribution in [0.4, 0.5) is 4.39 Å². The highest BCUT2D eigenvalue weighted by atomic mass is 19.1. The molecule has 0 bridgehead atoms. The Hall–Kier alpha value is -0.930. The standard InChI is InChI=1S/C15H22FNO/c1-17-15(12-5-2-6-13(16)11-12)9-3-7-14-8-4-10-18-14/h2,5-6,11,14-15,17H,3-4,7-10H2,1H3. The van der Waals surface area contributed by atoms with Crippen molar-refractivity contribution in [3.63, 3.8) is 0 Å². The minimum absolute atomic E-state index is 0.160. The molecule has 1 N–H and O–H groups in total. The van der Waals surface area contributed by atoms with Gasteiger partial charge in [-0.1, -0.05) is 12.1 Å². The number of nitrogens with one attached hydrogen (secondary N) is 1. The first kappa shape index (κ1) is 13.5. The molecule has 1 aliphatic heterocycles. The number of ether oxygens (including phenoxy) is 1. The zero-order valence-corrected chi connectivity index (χ0v) is 11.0. The van der Waals surface area contributed by atoms with Crippen molar-refractivity contribution in [1.82, 2.24) is 5.32 Å². The van der Waals surface area contributed by atoms with Gasteiger partial charge in [0.15, 0.2) is 0 Å². The number of rotatable bonds is 6. The smallest absolute Gasteiger partial charge is 0.123 e. The molecule has 1 aromatic carbocycles. The highest BCUT2D eigenvalue weighted by molar-refractivity contribution is 5.19. The third-order valence-electron chi connectivity index (χ3n) is 3.64. The van der Waals surface area contributed by atoms with Gasteiger partial charge >= 0.3 is 0 Å². The van der Waals surface area contributed by atoms with E-state index in [0.717, 1.165) is 31.4 Å². The van der Waals surface area contributed by atoms with Crippen molar-refractivity contribution in [1.29, 1.82) is 0 Å². The lowest BCUT2D eigenvalue weighted by atomic mass is 9.99. The Bertz CT molecular complexity index is 363. The van der Waals surface area contributed by atoms with Gasteiger partial charge in [0.05, 0.1) is 6.10 Å². The summed E-state index contributed by atoms with van der Waals surface area (Å²) in [7, 11) is 1.93. The van der Waals surface area contributed by atoms with E-state index in [-0.39, 0.29) is 11.9 Å². The Morgan fingerprint density at radius 3 is 3.06 bits per heavy atom. The van der Waals surface area contributed by atoms with Crippen molar-refractivity contribution in [2.45, 2.75) is 44.2 Å². The predicted molar refractivity (Wildman–Crippen MR) is 71.0 cm³/mol. The molecular formula is C15H22FNO. The fourth-order valence-corrected chi connectivity index (χ4v) is 2.62. The summed E-state index contributed by atoms with van der Waals surface area (Å²) in [4.78, 5) is 0. The Kier molecular flexibility index (Phi) is 5.14. The zero-order valence-electron chi connectivity index (χ0n) is 11.0. The quantitative estimate of drug-likeness (QED) is 0.836. The van der Waals surface area contributed by atoms with E-state index in [1.807, 2.05) is 13.1 Å². The molecule has 2 nitrogen and oxygen atoms in total. The van der Waals surface area contributed by atoms with Gasteiger partial charge in [-0.05, 0) is 56.8 Å². The van der Waals surface area contributed by atoms with Gasteiger partial charge in [0.1, 0.15) is 5.82 Å². The largest absolute Gasteiger partial charge is 0.378 e. The summed E-state index contributed by atoms with van der Waals surface area (Å²) >= 11 is 0. The summed E-state index contributed by atoms with van der Waals surface area (Å²) in [5, 5.41) is 3.26. The fourth-order valence-electron chi connectivity index (χ4n) is 2.62. The van der Waals surface area contributed by atoms with E-state index in [2.05, 4.69) is 5.32 Å². The SMILES string of the molecule is CNC(CCCC1CCCO1)c1cccc(F)c1. The summed E-state index contributed by atoms with van der Waals surface area (Å²) < 4.78 is 18.8. The molecule has 1 saturated heterocycles. The second-order valence-electron chi connectivity index (χ2n) is 4.96. The summed E-state index contributed by atoms with van der Waals surface area (Å²) in [5.41, 5.74) is 1.03. The molecule has 1 aliphatic rings. The van der Waals surface area contributed by atoms with Gasteiger partial charge in [0, 0.05) is 12.6 Å². The minimum atomic E-state index is -0.160. The second kappa shape index (κ2) is 6.86. The van der Waals surface area contributed by atoms with Crippen molar-refractivity contribution >= 4 is 0 Å². The van der Waals surface area contributed by atoms with Gasteiger partial charge < -0.3 is 10.1 Å². The van der Waals surface area contributed by atoms with Crippen molar-refractivity contribution in [2.75, 3.05) is 13.7 Å². The van der Waals surface area contributed by atoms with Crippen LogP contribution in [0.3, 0.4) is 0 Å². The topological polar surface area (TPSA) is 21.3 Å². The van der Waals surface area contributed by atoms with Gasteiger partial charge in [0.2, 0.25) is 0 Å². The zero-order chi connectivity index (χ0) is 12.8. The van der Waals surface area contributed by atoms with Crippen LogP contribution in [0.5, 0.6) is 0 Å². The molecule has 1 heterocycles. The van der Waals surface area contributed by atoms with Crippen LogP contribution in [0.2, 0.25) is 0 Å². The van der Waals surface area contributed by atoms with Gasteiger partial charge in [-0.25, -0.2) is 4.39 Å². The van der Waals surface area contributed by atoms with Crippen molar-refractivity contribution in [2.24, 2.45) is 0 Å². The lowest BCUT2D eigenvalue weighted by Crippen LogP contribution is -2.17. The molecule has 0 aliphatic carbocycles. The Balaban J connectivity index is 1.81. The molecule has 1 aromatic rings. The maximum Gasteiger partial charge on any atom is 0.123 e. The van der Waals surface area contributed by atoms with Crippen LogP contribution < -0.4 is 5.32 Å². The minimum Gasteiger partial charge on any atom is -0.378 e. The molecule has 0 amide bonds. The van der Waals surface area contributed by atoms with Gasteiger partial charge in [-0.3, -0.25) is 0 Å². The van der Waals surface area contributed by atoms with Gasteiger partial charge in [-0.15, -0.1) is 0 Å². The first-order valence-electron chi connectivity index (χ1n) is 6.84. The summed E-state index contributed by atoms with van der Waals surface area (Å²) in [6.45, 7) is 0.921. The third kappa shape index (κ3) is 3.79. The molecule has 2 unspecified atom stereocenters. The van der Waals surface area contributed by atoms with Crippen LogP contribution in [0.1, 0.15) is 43.7 Å². The van der Waals surface area contributed by atoms with Gasteiger partial charge in [-0.2, -0.15) is 0 Å². The molecule has 18 heavy (non-hydrogen) atoms. The van der Waals surface area contributed by atoms with Crippen LogP contribution >= 0.6 is 0 Å². The molecule has 100 valence electrons. The monoisotopic (exact) mass is 251 g/mol. The highest BCUT2D eigenvalue weighted by Gasteiger charge is 2.16. The molecule has 3 heteroatoms. The Morgan fingerprint density at radius 1 is 1.50 bits per heavy atom. The van der Waals surface area contributed by atoms with Crippen molar-refractivity contribution in [3.05, 3.63) is 35.6 Å². The number of halogens is 1. The van der Waals surface area contributed by atoms with Crippen LogP contribution in [0, 0.1) is 5.82 Å². The first-order chi connectivity index (χ1) is 8.79. The van der Waals surface area contributed by atoms with E-state index in [4.69, 9.17) is 4.74 Å². The number of hydrogen-bond acceptors (Lipinski definition) is 2. The van der Waals surface area contributed by atoms with Crippen LogP contribution in [0.15, 0.2) is 24.3 Å². The lowest BCUT2D eigenvalue weighted by Gasteiger charge is -2.17. The highest BCUT2D eigenvalue weighted by Crippen LogP contribution is 2.23. The van der Waals surface area contributed by atoms with E-state index in [0.29, 0.717) is 6.10 Å². The predicted octanol–water partition coefficient (Wildman–Crippen LogP) is 3.44. The van der Waals surface area contributed by atoms with Gasteiger partial charge in [0.25, 0.3) is 0 Å². The molecule has 2 rings (SSSR count). The molecule has 0 radical (unpaired) electrons. The van der Waals surface area contributed by atoms with Crippen molar-refractivity contribution in [3.8, 4) is 0 Å². The Morgan fingerprint density at radius 2 is 2.39 bits per heavy atom. The average molecular weight is 251 g/mol. The van der Waals surface area contributed by atoms with Crippen LogP contribution in [0.25, 0.3) is 0 Å². The maximum absolute atomic E-state index is 13.2.